The monoisotopic (exact) mass is 753 g/mol. The number of fused-ring (bicyclic) bond motifs is 9. The number of oxazole rings is 1. The molecule has 59 heavy (non-hydrogen) atoms. The van der Waals surface area contributed by atoms with Gasteiger partial charge in [0, 0.05) is 38.8 Å². The maximum absolute atomic E-state index is 6.78. The van der Waals surface area contributed by atoms with Gasteiger partial charge in [-0.2, -0.15) is 0 Å². The number of benzene rings is 10. The molecule has 0 amide bonds. The molecule has 4 nitrogen and oxygen atoms in total. The lowest BCUT2D eigenvalue weighted by Gasteiger charge is -2.27. The van der Waals surface area contributed by atoms with Gasteiger partial charge in [0.25, 0.3) is 0 Å². The van der Waals surface area contributed by atoms with Crippen LogP contribution in [0.4, 0.5) is 17.1 Å². The predicted molar refractivity (Wildman–Crippen MR) is 246 cm³/mol. The van der Waals surface area contributed by atoms with Crippen LogP contribution in [0.5, 0.6) is 0 Å². The topological polar surface area (TPSA) is 34.2 Å². The van der Waals surface area contributed by atoms with Crippen LogP contribution in [0.1, 0.15) is 0 Å². The Kier molecular flexibility index (Phi) is 7.50. The van der Waals surface area contributed by atoms with Gasteiger partial charge in [-0.1, -0.05) is 133 Å². The summed E-state index contributed by atoms with van der Waals surface area (Å²) < 4.78 is 9.19. The van der Waals surface area contributed by atoms with E-state index in [1.165, 1.54) is 38.2 Å². The van der Waals surface area contributed by atoms with Crippen LogP contribution in [0.3, 0.4) is 0 Å². The highest BCUT2D eigenvalue weighted by molar-refractivity contribution is 6.23. The SMILES string of the molecule is c1ccc(-c2nc3ccc4cc(-c5ccc6ccccc6c5)c5ccc(N(c6ccccc6)c6cccc7c8ccccc8n(-c8ccccc8)c67)cc5c4c3o2)cc1. The number of aromatic nitrogens is 2. The molecule has 0 aliphatic heterocycles. The van der Waals surface area contributed by atoms with Crippen molar-refractivity contribution in [2.45, 2.75) is 0 Å². The van der Waals surface area contributed by atoms with Crippen molar-refractivity contribution in [2.75, 3.05) is 4.90 Å². The van der Waals surface area contributed by atoms with E-state index in [4.69, 9.17) is 9.40 Å². The summed E-state index contributed by atoms with van der Waals surface area (Å²) in [4.78, 5) is 7.43. The van der Waals surface area contributed by atoms with E-state index in [9.17, 15) is 0 Å². The van der Waals surface area contributed by atoms with Crippen LogP contribution >= 0.6 is 0 Å². The summed E-state index contributed by atoms with van der Waals surface area (Å²) in [5, 5.41) is 9.23. The Hall–Kier alpha value is -7.95. The van der Waals surface area contributed by atoms with Crippen molar-refractivity contribution in [1.29, 1.82) is 0 Å². The Morgan fingerprint density at radius 1 is 0.441 bits per heavy atom. The lowest BCUT2D eigenvalue weighted by molar-refractivity contribution is 0.623. The molecule has 276 valence electrons. The Labute approximate surface area is 340 Å². The quantitative estimate of drug-likeness (QED) is 0.159. The third-order valence-electron chi connectivity index (χ3n) is 11.7. The first-order valence-electron chi connectivity index (χ1n) is 20.0. The lowest BCUT2D eigenvalue weighted by atomic mass is 9.91. The molecule has 0 saturated carbocycles. The molecule has 0 atom stereocenters. The second kappa shape index (κ2) is 13.3. The average Bonchev–Trinajstić information content (AvgIpc) is 3.90. The van der Waals surface area contributed by atoms with Crippen molar-refractivity contribution >= 4 is 82.3 Å². The molecule has 0 unspecified atom stereocenters. The summed E-state index contributed by atoms with van der Waals surface area (Å²) in [6.07, 6.45) is 0. The summed E-state index contributed by atoms with van der Waals surface area (Å²) in [5.41, 5.74) is 11.5. The van der Waals surface area contributed by atoms with E-state index in [1.807, 2.05) is 30.3 Å². The summed E-state index contributed by atoms with van der Waals surface area (Å²) >= 11 is 0. The standard InChI is InChI=1S/C55H35N3O/c1-4-16-37(17-5-1)55-56-49-32-29-40-34-47(39-28-27-36-15-10-11-18-38(36)33-39)44-31-30-43(35-48(44)52(40)54(49)59-55)57(41-19-6-2-7-20-41)51-26-14-24-46-45-23-12-13-25-50(45)58(53(46)51)42-21-8-3-9-22-42/h1-35H. The molecular formula is C55H35N3O. The van der Waals surface area contributed by atoms with Gasteiger partial charge >= 0.3 is 0 Å². The molecule has 2 heterocycles. The summed E-state index contributed by atoms with van der Waals surface area (Å²) in [7, 11) is 0. The second-order valence-corrected chi connectivity index (χ2v) is 15.1. The molecule has 4 heteroatoms. The fourth-order valence-electron chi connectivity index (χ4n) is 9.08. The van der Waals surface area contributed by atoms with Crippen LogP contribution in [0, 0.1) is 0 Å². The first-order valence-corrected chi connectivity index (χ1v) is 20.0. The predicted octanol–water partition coefficient (Wildman–Crippen LogP) is 15.2. The van der Waals surface area contributed by atoms with Gasteiger partial charge in [0.1, 0.15) is 5.52 Å². The molecule has 0 aliphatic rings. The van der Waals surface area contributed by atoms with Gasteiger partial charge in [-0.15, -0.1) is 0 Å². The van der Waals surface area contributed by atoms with E-state index in [0.29, 0.717) is 5.89 Å². The van der Waals surface area contributed by atoms with Gasteiger partial charge in [0.15, 0.2) is 5.58 Å². The molecule has 0 bridgehead atoms. The van der Waals surface area contributed by atoms with Gasteiger partial charge in [0.05, 0.1) is 16.7 Å². The molecular weight excluding hydrogens is 719 g/mol. The molecule has 0 fully saturated rings. The zero-order chi connectivity index (χ0) is 38.9. The molecule has 0 radical (unpaired) electrons. The third kappa shape index (κ3) is 5.34. The summed E-state index contributed by atoms with van der Waals surface area (Å²) in [6, 6.07) is 75.9. The number of rotatable bonds is 6. The smallest absolute Gasteiger partial charge is 0.227 e. The third-order valence-corrected chi connectivity index (χ3v) is 11.7. The molecule has 0 aliphatic carbocycles. The number of hydrogen-bond donors (Lipinski definition) is 0. The molecule has 2 aromatic heterocycles. The highest BCUT2D eigenvalue weighted by Gasteiger charge is 2.23. The Balaban J connectivity index is 1.18. The molecule has 0 saturated heterocycles. The van der Waals surface area contributed by atoms with Crippen LogP contribution < -0.4 is 4.90 Å². The fraction of sp³-hybridized carbons (Fsp3) is 0. The lowest BCUT2D eigenvalue weighted by Crippen LogP contribution is -2.11. The van der Waals surface area contributed by atoms with Crippen molar-refractivity contribution < 1.29 is 4.42 Å². The van der Waals surface area contributed by atoms with Crippen LogP contribution in [0.25, 0.3) is 93.5 Å². The van der Waals surface area contributed by atoms with Crippen LogP contribution in [0.2, 0.25) is 0 Å². The van der Waals surface area contributed by atoms with E-state index < -0.39 is 0 Å². The van der Waals surface area contributed by atoms with Crippen molar-refractivity contribution in [3.63, 3.8) is 0 Å². The Bertz CT molecular complexity index is 3550. The van der Waals surface area contributed by atoms with Crippen molar-refractivity contribution in [1.82, 2.24) is 9.55 Å². The maximum Gasteiger partial charge on any atom is 0.227 e. The first-order chi connectivity index (χ1) is 29.3. The fourth-order valence-corrected chi connectivity index (χ4v) is 9.08. The minimum atomic E-state index is 0.613. The van der Waals surface area contributed by atoms with Gasteiger partial charge in [-0.25, -0.2) is 4.98 Å². The normalized spacial score (nSPS) is 11.7. The summed E-state index contributed by atoms with van der Waals surface area (Å²) in [6.45, 7) is 0. The maximum atomic E-state index is 6.78. The number of para-hydroxylation sites is 4. The average molecular weight is 754 g/mol. The van der Waals surface area contributed by atoms with Gasteiger partial charge in [-0.3, -0.25) is 0 Å². The Morgan fingerprint density at radius 3 is 2.00 bits per heavy atom. The van der Waals surface area contributed by atoms with Gasteiger partial charge in [0.2, 0.25) is 5.89 Å². The molecule has 12 rings (SSSR count). The second-order valence-electron chi connectivity index (χ2n) is 15.1. The van der Waals surface area contributed by atoms with Crippen LogP contribution in [0.15, 0.2) is 217 Å². The molecule has 0 spiro atoms. The highest BCUT2D eigenvalue weighted by atomic mass is 16.3. The minimum absolute atomic E-state index is 0.613. The molecule has 0 N–H and O–H groups in total. The van der Waals surface area contributed by atoms with E-state index in [0.717, 1.165) is 66.5 Å². The first kappa shape index (κ1) is 33.2. The van der Waals surface area contributed by atoms with E-state index in [1.54, 1.807) is 0 Å². The van der Waals surface area contributed by atoms with E-state index in [-0.39, 0.29) is 0 Å². The van der Waals surface area contributed by atoms with E-state index >= 15 is 0 Å². The summed E-state index contributed by atoms with van der Waals surface area (Å²) in [5.74, 6) is 0.613. The zero-order valence-corrected chi connectivity index (χ0v) is 32.0. The minimum Gasteiger partial charge on any atom is -0.435 e. The largest absolute Gasteiger partial charge is 0.435 e. The number of anilines is 3. The van der Waals surface area contributed by atoms with Gasteiger partial charge in [-0.05, 0) is 117 Å². The Morgan fingerprint density at radius 2 is 1.15 bits per heavy atom. The van der Waals surface area contributed by atoms with Crippen LogP contribution in [-0.2, 0) is 0 Å². The van der Waals surface area contributed by atoms with Gasteiger partial charge < -0.3 is 13.9 Å². The molecule has 12 aromatic rings. The van der Waals surface area contributed by atoms with Crippen molar-refractivity contribution in [3.8, 4) is 28.3 Å². The zero-order valence-electron chi connectivity index (χ0n) is 32.0. The number of hydrogen-bond acceptors (Lipinski definition) is 3. The molecule has 10 aromatic carbocycles. The number of nitrogens with zero attached hydrogens (tertiary/aromatic N) is 3. The van der Waals surface area contributed by atoms with Crippen molar-refractivity contribution in [2.24, 2.45) is 0 Å². The van der Waals surface area contributed by atoms with E-state index in [2.05, 4.69) is 191 Å². The van der Waals surface area contributed by atoms with Crippen LogP contribution in [-0.4, -0.2) is 9.55 Å². The highest BCUT2D eigenvalue weighted by Crippen LogP contribution is 2.46. The van der Waals surface area contributed by atoms with Crippen molar-refractivity contribution in [3.05, 3.63) is 212 Å².